The number of thioether (sulfide) groups is 1. The summed E-state index contributed by atoms with van der Waals surface area (Å²) in [5, 5.41) is 12.7. The second kappa shape index (κ2) is 6.17. The molecule has 0 aromatic carbocycles. The molecule has 2 aromatic rings. The molecule has 0 aliphatic heterocycles. The fraction of sp³-hybridized carbons (Fsp3) is 0.333. The van der Waals surface area contributed by atoms with Crippen LogP contribution in [0.3, 0.4) is 0 Å². The molecule has 0 saturated carbocycles. The normalized spacial score (nSPS) is 11.1. The average molecular weight is 314 g/mol. The van der Waals surface area contributed by atoms with Gasteiger partial charge in [-0.05, 0) is 26.0 Å². The predicted molar refractivity (Wildman–Crippen MR) is 71.9 cm³/mol. The van der Waals surface area contributed by atoms with Crippen LogP contribution in [-0.4, -0.2) is 36.6 Å². The van der Waals surface area contributed by atoms with Gasteiger partial charge in [0.05, 0.1) is 5.75 Å². The fourth-order valence-corrected chi connectivity index (χ4v) is 2.39. The highest BCUT2D eigenvalue weighted by Gasteiger charge is 2.19. The van der Waals surface area contributed by atoms with Crippen molar-refractivity contribution in [1.82, 2.24) is 19.7 Å². The second-order valence-electron chi connectivity index (χ2n) is 4.25. The molecule has 9 heteroatoms. The van der Waals surface area contributed by atoms with Crippen LogP contribution in [0.2, 0.25) is 0 Å². The van der Waals surface area contributed by atoms with Crippen LogP contribution in [0.15, 0.2) is 17.2 Å². The highest BCUT2D eigenvalue weighted by Crippen LogP contribution is 2.26. The third-order valence-electron chi connectivity index (χ3n) is 2.42. The van der Waals surface area contributed by atoms with Crippen molar-refractivity contribution in [3.63, 3.8) is 0 Å². The summed E-state index contributed by atoms with van der Waals surface area (Å²) >= 11 is 0.888. The molecule has 0 spiro atoms. The molecular weight excluding hydrogens is 302 g/mol. The van der Waals surface area contributed by atoms with Gasteiger partial charge in [-0.25, -0.2) is 18.7 Å². The lowest BCUT2D eigenvalue weighted by Crippen LogP contribution is -2.08. The quantitative estimate of drug-likeness (QED) is 0.854. The topological polar surface area (TPSA) is 80.9 Å². The van der Waals surface area contributed by atoms with Gasteiger partial charge in [-0.15, -0.1) is 0 Å². The van der Waals surface area contributed by atoms with Crippen molar-refractivity contribution in [2.75, 3.05) is 5.75 Å². The number of rotatable bonds is 5. The standard InChI is InChI=1S/C12H12F2N4O2S/c1-6-3-7(2)16-12(15-6)18-9(21-5-10(19)20)4-8(17-18)11(13)14/h3-4,11H,5H2,1-2H3,(H,19,20). The predicted octanol–water partition coefficient (Wildman–Crippen LogP) is 2.39. The van der Waals surface area contributed by atoms with E-state index in [0.29, 0.717) is 11.4 Å². The Morgan fingerprint density at radius 1 is 1.33 bits per heavy atom. The molecule has 0 saturated heterocycles. The molecule has 2 aromatic heterocycles. The maximum Gasteiger partial charge on any atom is 0.313 e. The van der Waals surface area contributed by atoms with Crippen molar-refractivity contribution in [2.45, 2.75) is 25.3 Å². The van der Waals surface area contributed by atoms with E-state index >= 15 is 0 Å². The minimum absolute atomic E-state index is 0.146. The Morgan fingerprint density at radius 3 is 2.48 bits per heavy atom. The Kier molecular flexibility index (Phi) is 4.51. The first-order chi connectivity index (χ1) is 9.86. The molecular formula is C12H12F2N4O2S. The Hall–Kier alpha value is -2.03. The monoisotopic (exact) mass is 314 g/mol. The Balaban J connectivity index is 2.46. The summed E-state index contributed by atoms with van der Waals surface area (Å²) in [5.74, 6) is -1.17. The van der Waals surface area contributed by atoms with Crippen LogP contribution < -0.4 is 0 Å². The summed E-state index contributed by atoms with van der Waals surface area (Å²) < 4.78 is 26.7. The van der Waals surface area contributed by atoms with Gasteiger partial charge in [0.2, 0.25) is 0 Å². The number of carbonyl (C=O) groups is 1. The molecule has 2 heterocycles. The molecule has 0 radical (unpaired) electrons. The maximum atomic E-state index is 12.8. The number of alkyl halides is 2. The number of carboxylic acid groups (broad SMARTS) is 1. The lowest BCUT2D eigenvalue weighted by Gasteiger charge is -2.06. The van der Waals surface area contributed by atoms with Crippen molar-refractivity contribution in [3.05, 3.63) is 29.2 Å². The molecule has 0 aliphatic rings. The molecule has 0 fully saturated rings. The summed E-state index contributed by atoms with van der Waals surface area (Å²) in [4.78, 5) is 18.9. The Bertz CT molecular complexity index is 655. The number of hydrogen-bond acceptors (Lipinski definition) is 5. The first kappa shape index (κ1) is 15.4. The molecule has 2 rings (SSSR count). The smallest absolute Gasteiger partial charge is 0.313 e. The molecule has 0 unspecified atom stereocenters. The minimum Gasteiger partial charge on any atom is -0.481 e. The van der Waals surface area contributed by atoms with Crippen LogP contribution in [0.1, 0.15) is 23.5 Å². The van der Waals surface area contributed by atoms with Crippen LogP contribution in [0, 0.1) is 13.8 Å². The number of aliphatic carboxylic acids is 1. The van der Waals surface area contributed by atoms with Crippen molar-refractivity contribution in [3.8, 4) is 5.95 Å². The van der Waals surface area contributed by atoms with Crippen molar-refractivity contribution in [2.24, 2.45) is 0 Å². The van der Waals surface area contributed by atoms with Crippen molar-refractivity contribution < 1.29 is 18.7 Å². The van der Waals surface area contributed by atoms with Gasteiger partial charge in [0.25, 0.3) is 12.4 Å². The van der Waals surface area contributed by atoms with E-state index in [1.165, 1.54) is 0 Å². The molecule has 0 atom stereocenters. The number of nitrogens with zero attached hydrogens (tertiary/aromatic N) is 4. The van der Waals surface area contributed by atoms with E-state index in [4.69, 9.17) is 5.11 Å². The zero-order valence-electron chi connectivity index (χ0n) is 11.2. The van der Waals surface area contributed by atoms with Crippen LogP contribution in [0.5, 0.6) is 0 Å². The zero-order valence-corrected chi connectivity index (χ0v) is 12.1. The van der Waals surface area contributed by atoms with E-state index in [9.17, 15) is 13.6 Å². The minimum atomic E-state index is -2.75. The third-order valence-corrected chi connectivity index (χ3v) is 3.40. The van der Waals surface area contributed by atoms with Gasteiger partial charge >= 0.3 is 5.97 Å². The van der Waals surface area contributed by atoms with Gasteiger partial charge < -0.3 is 5.11 Å². The number of halogens is 2. The summed E-state index contributed by atoms with van der Waals surface area (Å²) in [6.45, 7) is 3.50. The van der Waals surface area contributed by atoms with Crippen molar-refractivity contribution >= 4 is 17.7 Å². The summed E-state index contributed by atoms with van der Waals surface area (Å²) in [7, 11) is 0. The van der Waals surface area contributed by atoms with E-state index in [2.05, 4.69) is 15.1 Å². The maximum absolute atomic E-state index is 12.8. The van der Waals surface area contributed by atoms with Crippen molar-refractivity contribution in [1.29, 1.82) is 0 Å². The summed E-state index contributed by atoms with van der Waals surface area (Å²) in [6.07, 6.45) is -2.75. The second-order valence-corrected chi connectivity index (χ2v) is 5.25. The van der Waals surface area contributed by atoms with Crippen LogP contribution >= 0.6 is 11.8 Å². The lowest BCUT2D eigenvalue weighted by atomic mass is 10.4. The van der Waals surface area contributed by atoms with Crippen LogP contribution in [-0.2, 0) is 4.79 Å². The Labute approximate surface area is 123 Å². The van der Waals surface area contributed by atoms with Crippen LogP contribution in [0.25, 0.3) is 5.95 Å². The molecule has 6 nitrogen and oxygen atoms in total. The lowest BCUT2D eigenvalue weighted by molar-refractivity contribution is -0.133. The molecule has 0 bridgehead atoms. The summed E-state index contributed by atoms with van der Waals surface area (Å²) in [6, 6.07) is 2.89. The summed E-state index contributed by atoms with van der Waals surface area (Å²) in [5.41, 5.74) is 0.896. The van der Waals surface area contributed by atoms with Gasteiger partial charge in [-0.2, -0.15) is 9.78 Å². The van der Waals surface area contributed by atoms with Gasteiger partial charge in [-0.1, -0.05) is 11.8 Å². The highest BCUT2D eigenvalue weighted by molar-refractivity contribution is 7.99. The van der Waals surface area contributed by atoms with Crippen LogP contribution in [0.4, 0.5) is 8.78 Å². The average Bonchev–Trinajstić information content (AvgIpc) is 2.79. The van der Waals surface area contributed by atoms with Gasteiger partial charge in [0, 0.05) is 11.4 Å². The van der Waals surface area contributed by atoms with Gasteiger partial charge in [-0.3, -0.25) is 4.79 Å². The van der Waals surface area contributed by atoms with E-state index in [1.54, 1.807) is 19.9 Å². The van der Waals surface area contributed by atoms with E-state index < -0.39 is 18.1 Å². The van der Waals surface area contributed by atoms with E-state index in [-0.39, 0.29) is 16.7 Å². The van der Waals surface area contributed by atoms with E-state index in [1.807, 2.05) is 0 Å². The number of hydrogen-bond donors (Lipinski definition) is 1. The molecule has 112 valence electrons. The largest absolute Gasteiger partial charge is 0.481 e. The molecule has 0 amide bonds. The number of carboxylic acids is 1. The van der Waals surface area contributed by atoms with Gasteiger partial charge in [0.1, 0.15) is 10.7 Å². The zero-order chi connectivity index (χ0) is 15.6. The fourth-order valence-electron chi connectivity index (χ4n) is 1.67. The molecule has 0 aliphatic carbocycles. The SMILES string of the molecule is Cc1cc(C)nc(-n2nc(C(F)F)cc2SCC(=O)O)n1. The molecule has 21 heavy (non-hydrogen) atoms. The number of aryl methyl sites for hydroxylation is 2. The third kappa shape index (κ3) is 3.75. The van der Waals surface area contributed by atoms with Gasteiger partial charge in [0.15, 0.2) is 0 Å². The first-order valence-corrected chi connectivity index (χ1v) is 6.90. The first-order valence-electron chi connectivity index (χ1n) is 5.92. The molecule has 1 N–H and O–H groups in total. The van der Waals surface area contributed by atoms with E-state index in [0.717, 1.165) is 22.5 Å². The Morgan fingerprint density at radius 2 is 1.95 bits per heavy atom. The number of aromatic nitrogens is 4. The highest BCUT2D eigenvalue weighted by atomic mass is 32.2.